The van der Waals surface area contributed by atoms with Crippen LogP contribution < -0.4 is 0 Å². The fourth-order valence-electron chi connectivity index (χ4n) is 7.28. The summed E-state index contributed by atoms with van der Waals surface area (Å²) in [7, 11) is 0. The molecule has 5 heteroatoms. The van der Waals surface area contributed by atoms with E-state index in [1.165, 1.54) is 18.2 Å². The molecule has 1 spiro atoms. The molecule has 0 radical (unpaired) electrons. The maximum atomic E-state index is 12.0. The predicted octanol–water partition coefficient (Wildman–Crippen LogP) is 2.25. The SMILES string of the molecule is CC(=O)OC1C2C3C[C@@H]4C5=Nc6ccccc6[C@]51C[C@@H]2N4C(C)C3C=O. The number of fused-ring (bicyclic) bond motifs is 2. The molecular weight excluding hydrogens is 328 g/mol. The number of benzene rings is 1. The molecule has 0 amide bonds. The van der Waals surface area contributed by atoms with Crippen LogP contribution in [0, 0.1) is 17.8 Å². The van der Waals surface area contributed by atoms with Crippen molar-refractivity contribution in [2.75, 3.05) is 0 Å². The number of rotatable bonds is 2. The maximum Gasteiger partial charge on any atom is 0.302 e. The Morgan fingerprint density at radius 3 is 2.96 bits per heavy atom. The van der Waals surface area contributed by atoms with Crippen molar-refractivity contribution >= 4 is 23.7 Å². The molecule has 5 aliphatic heterocycles. The number of aliphatic imine (C=N–C) groups is 1. The molecule has 6 unspecified atom stereocenters. The molecular formula is C21H22N2O3. The van der Waals surface area contributed by atoms with E-state index in [4.69, 9.17) is 9.73 Å². The van der Waals surface area contributed by atoms with Crippen molar-refractivity contribution in [2.24, 2.45) is 22.7 Å². The van der Waals surface area contributed by atoms with Crippen molar-refractivity contribution in [3.63, 3.8) is 0 Å². The Kier molecular flexibility index (Phi) is 2.69. The molecule has 5 bridgehead atoms. The molecule has 6 aliphatic rings. The van der Waals surface area contributed by atoms with Gasteiger partial charge in [-0.05, 0) is 37.3 Å². The first kappa shape index (κ1) is 15.1. The number of hydrogen-bond donors (Lipinski definition) is 0. The number of aldehydes is 1. The Bertz CT molecular complexity index is 880. The Labute approximate surface area is 152 Å². The van der Waals surface area contributed by atoms with Gasteiger partial charge in [-0.2, -0.15) is 0 Å². The molecule has 1 saturated carbocycles. The molecule has 5 heterocycles. The van der Waals surface area contributed by atoms with Crippen LogP contribution in [0.2, 0.25) is 0 Å². The molecule has 4 saturated heterocycles. The van der Waals surface area contributed by atoms with E-state index in [0.29, 0.717) is 6.04 Å². The molecule has 7 rings (SSSR count). The van der Waals surface area contributed by atoms with Gasteiger partial charge in [-0.25, -0.2) is 0 Å². The van der Waals surface area contributed by atoms with E-state index in [0.717, 1.165) is 24.8 Å². The zero-order valence-electron chi connectivity index (χ0n) is 15.0. The third-order valence-corrected chi connectivity index (χ3v) is 7.91. The second kappa shape index (κ2) is 4.63. The summed E-state index contributed by atoms with van der Waals surface area (Å²) in [4.78, 5) is 31.5. The third-order valence-electron chi connectivity index (χ3n) is 7.91. The van der Waals surface area contributed by atoms with Gasteiger partial charge in [0.05, 0.1) is 22.9 Å². The molecule has 0 aromatic heterocycles. The minimum absolute atomic E-state index is 0.0235. The summed E-state index contributed by atoms with van der Waals surface area (Å²) < 4.78 is 6.04. The summed E-state index contributed by atoms with van der Waals surface area (Å²) in [6.07, 6.45) is 2.85. The zero-order valence-corrected chi connectivity index (χ0v) is 15.0. The zero-order chi connectivity index (χ0) is 17.8. The highest BCUT2D eigenvalue weighted by Gasteiger charge is 2.75. The summed E-state index contributed by atoms with van der Waals surface area (Å²) in [5.41, 5.74) is 3.15. The van der Waals surface area contributed by atoms with Crippen LogP contribution in [-0.4, -0.2) is 47.1 Å². The highest BCUT2D eigenvalue weighted by molar-refractivity contribution is 6.08. The molecule has 134 valence electrons. The lowest BCUT2D eigenvalue weighted by Gasteiger charge is -2.60. The van der Waals surface area contributed by atoms with E-state index in [9.17, 15) is 9.59 Å². The number of carbonyl (C=O) groups excluding carboxylic acids is 2. The Balaban J connectivity index is 1.61. The fourth-order valence-corrected chi connectivity index (χ4v) is 7.28. The molecule has 1 aliphatic carbocycles. The van der Waals surface area contributed by atoms with E-state index < -0.39 is 0 Å². The largest absolute Gasteiger partial charge is 0.461 e. The van der Waals surface area contributed by atoms with Crippen molar-refractivity contribution in [1.29, 1.82) is 0 Å². The van der Waals surface area contributed by atoms with Gasteiger partial charge in [0.15, 0.2) is 0 Å². The molecule has 1 aromatic carbocycles. The van der Waals surface area contributed by atoms with E-state index in [1.807, 2.05) is 6.07 Å². The minimum Gasteiger partial charge on any atom is -0.461 e. The van der Waals surface area contributed by atoms with Crippen LogP contribution in [0.1, 0.15) is 32.3 Å². The molecule has 0 N–H and O–H groups in total. The number of piperidine rings is 4. The molecule has 5 fully saturated rings. The summed E-state index contributed by atoms with van der Waals surface area (Å²) >= 11 is 0. The molecule has 5 nitrogen and oxygen atoms in total. The van der Waals surface area contributed by atoms with Gasteiger partial charge in [0.2, 0.25) is 0 Å². The first-order chi connectivity index (χ1) is 12.6. The van der Waals surface area contributed by atoms with Crippen LogP contribution in [-0.2, 0) is 19.7 Å². The highest BCUT2D eigenvalue weighted by atomic mass is 16.5. The van der Waals surface area contributed by atoms with E-state index in [1.54, 1.807) is 0 Å². The number of hydrogen-bond acceptors (Lipinski definition) is 5. The predicted molar refractivity (Wildman–Crippen MR) is 95.4 cm³/mol. The lowest BCUT2D eigenvalue weighted by molar-refractivity contribution is -0.159. The van der Waals surface area contributed by atoms with E-state index >= 15 is 0 Å². The number of carbonyl (C=O) groups is 2. The number of nitrogens with zero attached hydrogens (tertiary/aromatic N) is 2. The van der Waals surface area contributed by atoms with Crippen molar-refractivity contribution in [3.05, 3.63) is 29.8 Å². The first-order valence-corrected chi connectivity index (χ1v) is 9.66. The number of esters is 1. The van der Waals surface area contributed by atoms with Gasteiger partial charge < -0.3 is 9.53 Å². The van der Waals surface area contributed by atoms with Gasteiger partial charge in [0.25, 0.3) is 0 Å². The van der Waals surface area contributed by atoms with Crippen LogP contribution >= 0.6 is 0 Å². The number of ether oxygens (including phenoxy) is 1. The first-order valence-electron chi connectivity index (χ1n) is 9.66. The van der Waals surface area contributed by atoms with Gasteiger partial charge >= 0.3 is 5.97 Å². The van der Waals surface area contributed by atoms with E-state index in [-0.39, 0.29) is 47.3 Å². The Morgan fingerprint density at radius 1 is 1.38 bits per heavy atom. The standard InChI is InChI=1S/C21H22N2O3/c1-10-13(9-24)12-7-16-19-21(14-5-3-4-6-15(14)22-19)8-17(23(10)16)18(12)20(21)26-11(2)25/h3-6,9-10,12-13,16-18,20H,7-8H2,1-2H3/t10?,12?,13?,16-,17+,18?,20?,21-/m1/s1. The van der Waals surface area contributed by atoms with Crippen LogP contribution in [0.4, 0.5) is 5.69 Å². The van der Waals surface area contributed by atoms with Gasteiger partial charge in [0.1, 0.15) is 12.4 Å². The quantitative estimate of drug-likeness (QED) is 0.606. The smallest absolute Gasteiger partial charge is 0.302 e. The summed E-state index contributed by atoms with van der Waals surface area (Å²) in [5.74, 6) is 0.299. The van der Waals surface area contributed by atoms with Crippen molar-refractivity contribution < 1.29 is 14.3 Å². The molecule has 1 aromatic rings. The average Bonchev–Trinajstić information content (AvgIpc) is 3.08. The van der Waals surface area contributed by atoms with Crippen molar-refractivity contribution in [1.82, 2.24) is 4.90 Å². The molecule has 9 atom stereocenters. The van der Waals surface area contributed by atoms with Crippen LogP contribution in [0.5, 0.6) is 0 Å². The molecule has 26 heavy (non-hydrogen) atoms. The third kappa shape index (κ3) is 1.44. The van der Waals surface area contributed by atoms with Crippen LogP contribution in [0.3, 0.4) is 0 Å². The fraction of sp³-hybridized carbons (Fsp3) is 0.571. The van der Waals surface area contributed by atoms with E-state index in [2.05, 4.69) is 30.0 Å². The lowest BCUT2D eigenvalue weighted by Crippen LogP contribution is -2.69. The monoisotopic (exact) mass is 350 g/mol. The highest BCUT2D eigenvalue weighted by Crippen LogP contribution is 2.67. The summed E-state index contributed by atoms with van der Waals surface area (Å²) in [6, 6.07) is 9.21. The van der Waals surface area contributed by atoms with Gasteiger partial charge in [0, 0.05) is 30.8 Å². The van der Waals surface area contributed by atoms with Crippen LogP contribution in [0.15, 0.2) is 29.3 Å². The average molecular weight is 350 g/mol. The Hall–Kier alpha value is -2.01. The summed E-state index contributed by atoms with van der Waals surface area (Å²) in [5, 5.41) is 0. The van der Waals surface area contributed by atoms with Gasteiger partial charge in [-0.15, -0.1) is 0 Å². The van der Waals surface area contributed by atoms with Crippen molar-refractivity contribution in [3.8, 4) is 0 Å². The number of para-hydroxylation sites is 1. The second-order valence-electron chi connectivity index (χ2n) is 8.68. The van der Waals surface area contributed by atoms with Gasteiger partial charge in [-0.3, -0.25) is 14.7 Å². The topological polar surface area (TPSA) is 59.0 Å². The Morgan fingerprint density at radius 2 is 2.19 bits per heavy atom. The lowest BCUT2D eigenvalue weighted by atomic mass is 9.62. The minimum atomic E-state index is -0.287. The summed E-state index contributed by atoms with van der Waals surface area (Å²) in [6.45, 7) is 3.69. The van der Waals surface area contributed by atoms with Gasteiger partial charge in [-0.1, -0.05) is 18.2 Å². The van der Waals surface area contributed by atoms with Crippen LogP contribution in [0.25, 0.3) is 0 Å². The normalized spacial score (nSPS) is 48.8. The maximum absolute atomic E-state index is 12.0. The second-order valence-corrected chi connectivity index (χ2v) is 8.68. The van der Waals surface area contributed by atoms with Crippen molar-refractivity contribution in [2.45, 2.75) is 56.3 Å².